The van der Waals surface area contributed by atoms with Gasteiger partial charge in [0.05, 0.1) is 0 Å². The third-order valence-corrected chi connectivity index (χ3v) is 14.5. The highest BCUT2D eigenvalue weighted by atomic mass is 28.3. The molecule has 0 saturated carbocycles. The van der Waals surface area contributed by atoms with Gasteiger partial charge in [0.15, 0.2) is 0 Å². The Balaban J connectivity index is 1.45. The third kappa shape index (κ3) is 2.81. The summed E-state index contributed by atoms with van der Waals surface area (Å²) in [5.74, 6) is 0. The van der Waals surface area contributed by atoms with Gasteiger partial charge in [0.2, 0.25) is 0 Å². The molecule has 195 valence electrons. The summed E-state index contributed by atoms with van der Waals surface area (Å²) < 4.78 is 4.67. The maximum absolute atomic E-state index is 2.64. The number of fused-ring (bicyclic) bond motifs is 9. The minimum absolute atomic E-state index is 1.28. The summed E-state index contributed by atoms with van der Waals surface area (Å²) in [4.78, 5) is 0. The highest BCUT2D eigenvalue weighted by molar-refractivity contribution is 7.22. The number of para-hydroxylation sites is 2. The first-order valence-corrected chi connectivity index (χ1v) is 16.3. The van der Waals surface area contributed by atoms with Crippen LogP contribution in [0.5, 0.6) is 0 Å². The average Bonchev–Trinajstić information content (AvgIpc) is 3.61. The molecular weight excluding hydrogens is 513 g/mol. The number of rotatable bonds is 2. The van der Waals surface area contributed by atoms with Gasteiger partial charge in [0.25, 0.3) is 0 Å². The van der Waals surface area contributed by atoms with E-state index in [0.29, 0.717) is 0 Å². The zero-order valence-electron chi connectivity index (χ0n) is 23.1. The second-order valence-electron chi connectivity index (χ2n) is 11.5. The topological polar surface area (TPSA) is 9.86 Å². The summed E-state index contributed by atoms with van der Waals surface area (Å²) in [7, 11) is 1.74. The Morgan fingerprint density at radius 2 is 0.780 bits per heavy atom. The Hall–Kier alpha value is -4.86. The van der Waals surface area contributed by atoms with Crippen LogP contribution >= 0.6 is 0 Å². The molecular formula is C38H28N2Si-. The molecule has 3 heteroatoms. The molecule has 3 heterocycles. The van der Waals surface area contributed by atoms with E-state index in [1.165, 1.54) is 75.5 Å². The van der Waals surface area contributed by atoms with Crippen molar-refractivity contribution in [2.45, 2.75) is 0 Å². The Bertz CT molecular complexity index is 2190. The van der Waals surface area contributed by atoms with E-state index >= 15 is 0 Å². The largest absolute Gasteiger partial charge is 0.344 e. The molecule has 0 amide bonds. The van der Waals surface area contributed by atoms with Crippen LogP contribution in [0, 0.1) is 0 Å². The molecule has 2 nitrogen and oxygen atoms in total. The van der Waals surface area contributed by atoms with E-state index < -0.39 is 8.07 Å². The van der Waals surface area contributed by atoms with Gasteiger partial charge < -0.3 is 9.13 Å². The van der Waals surface area contributed by atoms with Gasteiger partial charge in [0.1, 0.15) is 0 Å². The minimum Gasteiger partial charge on any atom is -0.344 e. The number of hydrogen-bond donors (Lipinski definition) is 0. The van der Waals surface area contributed by atoms with E-state index in [-0.39, 0.29) is 0 Å². The number of aryl methyl sites for hydroxylation is 2. The van der Waals surface area contributed by atoms with Crippen molar-refractivity contribution in [3.63, 3.8) is 0 Å². The van der Waals surface area contributed by atoms with Gasteiger partial charge >= 0.3 is 0 Å². The van der Waals surface area contributed by atoms with Crippen molar-refractivity contribution in [1.29, 1.82) is 0 Å². The predicted octanol–water partition coefficient (Wildman–Crippen LogP) is 6.33. The Kier molecular flexibility index (Phi) is 4.52. The number of hydrogen-bond acceptors (Lipinski definition) is 0. The van der Waals surface area contributed by atoms with Crippen LogP contribution in [-0.4, -0.2) is 17.2 Å². The predicted molar refractivity (Wildman–Crippen MR) is 177 cm³/mol. The van der Waals surface area contributed by atoms with Crippen LogP contribution in [0.15, 0.2) is 133 Å². The van der Waals surface area contributed by atoms with Gasteiger partial charge in [-0.05, 0) is 32.3 Å². The number of nitrogens with zero attached hydrogens (tertiary/aromatic N) is 2. The maximum Gasteiger partial charge on any atom is 0.0488 e. The minimum atomic E-state index is -2.64. The summed E-state index contributed by atoms with van der Waals surface area (Å²) in [6, 6.07) is 50.6. The highest BCUT2D eigenvalue weighted by Gasteiger charge is 2.36. The lowest BCUT2D eigenvalue weighted by atomic mass is 10.1. The smallest absolute Gasteiger partial charge is 0.0488 e. The van der Waals surface area contributed by atoms with Crippen LogP contribution < -0.4 is 20.7 Å². The van der Waals surface area contributed by atoms with Crippen LogP contribution in [0.25, 0.3) is 54.7 Å². The Morgan fingerprint density at radius 1 is 0.390 bits per heavy atom. The van der Waals surface area contributed by atoms with E-state index in [2.05, 4.69) is 157 Å². The van der Waals surface area contributed by atoms with Crippen molar-refractivity contribution >= 4 is 72.4 Å². The van der Waals surface area contributed by atoms with Crippen molar-refractivity contribution in [3.8, 4) is 11.1 Å². The summed E-state index contributed by atoms with van der Waals surface area (Å²) in [5.41, 5.74) is 7.88. The van der Waals surface area contributed by atoms with Gasteiger partial charge in [-0.3, -0.25) is 0 Å². The van der Waals surface area contributed by atoms with E-state index in [1.807, 2.05) is 0 Å². The molecule has 0 N–H and O–H groups in total. The van der Waals surface area contributed by atoms with Gasteiger partial charge in [-0.25, -0.2) is 0 Å². The second-order valence-corrected chi connectivity index (χ2v) is 15.2. The molecule has 0 atom stereocenters. The molecule has 0 fully saturated rings. The first-order valence-electron chi connectivity index (χ1n) is 14.3. The molecule has 6 aromatic carbocycles. The fourth-order valence-corrected chi connectivity index (χ4v) is 13.0. The fraction of sp³-hybridized carbons (Fsp3) is 0.0526. The van der Waals surface area contributed by atoms with Crippen LogP contribution in [-0.2, 0) is 14.1 Å². The molecule has 41 heavy (non-hydrogen) atoms. The molecule has 1 aliphatic rings. The monoisotopic (exact) mass is 540 g/mol. The molecule has 0 spiro atoms. The van der Waals surface area contributed by atoms with Gasteiger partial charge in [-0.2, -0.15) is 20.7 Å². The van der Waals surface area contributed by atoms with E-state index in [1.54, 1.807) is 0 Å². The van der Waals surface area contributed by atoms with Crippen molar-refractivity contribution in [1.82, 2.24) is 9.13 Å². The van der Waals surface area contributed by atoms with Gasteiger partial charge in [-0.1, -0.05) is 120 Å². The summed E-state index contributed by atoms with van der Waals surface area (Å²) >= 11 is 0. The molecule has 9 rings (SSSR count). The molecule has 0 saturated heterocycles. The molecule has 0 bridgehead atoms. The average molecular weight is 541 g/mol. The number of benzene rings is 6. The first-order chi connectivity index (χ1) is 20.2. The lowest BCUT2D eigenvalue weighted by Crippen LogP contribution is -2.72. The SMILES string of the molecule is Cn1c2ccccc2c2cc([Si-]3(c4ccc5c(c4)c4ccccc4n5C)c4ccccc4-c4ccccc43)ccc21. The third-order valence-electron chi connectivity index (χ3n) is 9.65. The van der Waals surface area contributed by atoms with E-state index in [4.69, 9.17) is 0 Å². The molecule has 0 radical (unpaired) electrons. The summed E-state index contributed by atoms with van der Waals surface area (Å²) in [5, 5.41) is 11.2. The Labute approximate surface area is 239 Å². The Morgan fingerprint density at radius 3 is 1.27 bits per heavy atom. The lowest BCUT2D eigenvalue weighted by molar-refractivity contribution is 1.01. The zero-order valence-corrected chi connectivity index (χ0v) is 24.1. The van der Waals surface area contributed by atoms with Gasteiger partial charge in [0, 0.05) is 57.7 Å². The molecule has 2 aromatic heterocycles. The quantitative estimate of drug-likeness (QED) is 0.227. The number of aromatic nitrogens is 2. The highest BCUT2D eigenvalue weighted by Crippen LogP contribution is 2.33. The van der Waals surface area contributed by atoms with Crippen LogP contribution in [0.1, 0.15) is 0 Å². The van der Waals surface area contributed by atoms with Crippen molar-refractivity contribution < 1.29 is 0 Å². The standard InChI is InChI=1S/C38H28N2Si/c1-39-33-15-7-3-11-27(33)31-23-25(19-21-35(31)39)41(37-17-9-5-13-29(37)30-14-6-10-18-38(30)41)26-20-22-36-32(24-26)28-12-4-8-16-34(28)40(36)2/h3-24H,1-2H3/q-1. The van der Waals surface area contributed by atoms with Crippen LogP contribution in [0.3, 0.4) is 0 Å². The molecule has 0 aliphatic carbocycles. The van der Waals surface area contributed by atoms with Crippen molar-refractivity contribution in [2.24, 2.45) is 14.1 Å². The first kappa shape index (κ1) is 22.9. The summed E-state index contributed by atoms with van der Waals surface area (Å²) in [6.07, 6.45) is 0. The summed E-state index contributed by atoms with van der Waals surface area (Å²) in [6.45, 7) is 0. The van der Waals surface area contributed by atoms with Crippen molar-refractivity contribution in [3.05, 3.63) is 133 Å². The molecule has 1 aliphatic heterocycles. The van der Waals surface area contributed by atoms with E-state index in [9.17, 15) is 0 Å². The van der Waals surface area contributed by atoms with Gasteiger partial charge in [-0.15, -0.1) is 0 Å². The second kappa shape index (κ2) is 8.09. The lowest BCUT2D eigenvalue weighted by Gasteiger charge is -2.44. The fourth-order valence-electron chi connectivity index (χ4n) is 7.83. The van der Waals surface area contributed by atoms with Crippen LogP contribution in [0.4, 0.5) is 0 Å². The normalized spacial score (nSPS) is 13.8. The molecule has 8 aromatic rings. The van der Waals surface area contributed by atoms with Crippen LogP contribution in [0.2, 0.25) is 0 Å². The van der Waals surface area contributed by atoms with E-state index in [0.717, 1.165) is 0 Å². The zero-order chi connectivity index (χ0) is 27.3. The molecule has 0 unspecified atom stereocenters. The maximum atomic E-state index is 2.52. The van der Waals surface area contributed by atoms with Crippen molar-refractivity contribution in [2.75, 3.05) is 0 Å².